The lowest BCUT2D eigenvalue weighted by Crippen LogP contribution is -2.70. The summed E-state index contributed by atoms with van der Waals surface area (Å²) in [4.78, 5) is 0. The first-order chi connectivity index (χ1) is 10.5. The molecule has 0 heterocycles. The van der Waals surface area contributed by atoms with Gasteiger partial charge in [-0.1, -0.05) is 60.8 Å². The molecule has 6 atom stereocenters. The highest BCUT2D eigenvalue weighted by Gasteiger charge is 2.67. The number of fused-ring (bicyclic) bond motifs is 1. The van der Waals surface area contributed by atoms with E-state index in [1.165, 1.54) is 6.42 Å². The summed E-state index contributed by atoms with van der Waals surface area (Å²) in [7, 11) is 0. The van der Waals surface area contributed by atoms with Crippen LogP contribution in [0.5, 0.6) is 0 Å². The summed E-state index contributed by atoms with van der Waals surface area (Å²) in [6.07, 6.45) is 4.90. The first kappa shape index (κ1) is 19.2. The molecule has 0 aromatic rings. The molecule has 2 aliphatic rings. The Labute approximate surface area is 142 Å². The normalized spacial score (nSPS) is 43.7. The molecule has 136 valence electrons. The molecule has 0 amide bonds. The first-order valence-electron chi connectivity index (χ1n) is 9.61. The molecule has 2 fully saturated rings. The van der Waals surface area contributed by atoms with Crippen molar-refractivity contribution in [3.8, 4) is 0 Å². The molecule has 3 N–H and O–H groups in total. The summed E-state index contributed by atoms with van der Waals surface area (Å²) in [5, 5.41) is 32.4. The predicted molar refractivity (Wildman–Crippen MR) is 93.7 cm³/mol. The lowest BCUT2D eigenvalue weighted by Gasteiger charge is -2.65. The number of hydrogen-bond donors (Lipinski definition) is 3. The van der Waals surface area contributed by atoms with Crippen LogP contribution in [0.3, 0.4) is 0 Å². The summed E-state index contributed by atoms with van der Waals surface area (Å²) < 4.78 is 0. The van der Waals surface area contributed by atoms with Gasteiger partial charge in [0.05, 0.1) is 0 Å². The van der Waals surface area contributed by atoms with E-state index >= 15 is 0 Å². The van der Waals surface area contributed by atoms with Crippen molar-refractivity contribution in [3.05, 3.63) is 0 Å². The van der Waals surface area contributed by atoms with Gasteiger partial charge in [0.1, 0.15) is 6.10 Å². The smallest absolute Gasteiger partial charge is 0.195 e. The molecule has 0 bridgehead atoms. The minimum atomic E-state index is -1.98. The maximum absolute atomic E-state index is 10.9. The molecule has 0 aliphatic heterocycles. The van der Waals surface area contributed by atoms with Crippen molar-refractivity contribution in [1.82, 2.24) is 0 Å². The molecule has 2 saturated carbocycles. The molecule has 1 unspecified atom stereocenters. The van der Waals surface area contributed by atoms with Gasteiger partial charge in [0.25, 0.3) is 0 Å². The van der Waals surface area contributed by atoms with Crippen molar-refractivity contribution < 1.29 is 15.3 Å². The molecule has 0 radical (unpaired) electrons. The molecule has 2 rings (SSSR count). The van der Waals surface area contributed by atoms with Gasteiger partial charge in [0, 0.05) is 5.41 Å². The largest absolute Gasteiger partial charge is 0.387 e. The standard InChI is InChI=1S/C20H38O3/c1-7-13(2)8-10-15-14(3)9-11-16-18(4,5)12-17(21)20(22,23)19(15,16)6/h13-17,21-23H,7-12H2,1-6H3/t13-,14+,15+,16+,17?,19-/m1/s1. The van der Waals surface area contributed by atoms with Crippen LogP contribution in [0.2, 0.25) is 0 Å². The fourth-order valence-electron chi connectivity index (χ4n) is 5.91. The fraction of sp³-hybridized carbons (Fsp3) is 1.00. The molecule has 0 aromatic heterocycles. The van der Waals surface area contributed by atoms with Crippen molar-refractivity contribution in [3.63, 3.8) is 0 Å². The van der Waals surface area contributed by atoms with Gasteiger partial charge >= 0.3 is 0 Å². The molecule has 3 heteroatoms. The van der Waals surface area contributed by atoms with Crippen molar-refractivity contribution in [2.75, 3.05) is 0 Å². The van der Waals surface area contributed by atoms with Crippen LogP contribution in [-0.4, -0.2) is 27.2 Å². The molecule has 0 spiro atoms. The Morgan fingerprint density at radius 3 is 2.30 bits per heavy atom. The average Bonchev–Trinajstić information content (AvgIpc) is 2.44. The zero-order valence-electron chi connectivity index (χ0n) is 16.0. The Balaban J connectivity index is 2.39. The zero-order valence-corrected chi connectivity index (χ0v) is 16.0. The second kappa shape index (κ2) is 6.31. The summed E-state index contributed by atoms with van der Waals surface area (Å²) in [6, 6.07) is 0. The maximum Gasteiger partial charge on any atom is 0.195 e. The van der Waals surface area contributed by atoms with Crippen molar-refractivity contribution in [1.29, 1.82) is 0 Å². The van der Waals surface area contributed by atoms with Crippen molar-refractivity contribution >= 4 is 0 Å². The summed E-state index contributed by atoms with van der Waals surface area (Å²) >= 11 is 0. The fourth-order valence-corrected chi connectivity index (χ4v) is 5.91. The SMILES string of the molecule is CC[C@@H](C)CC[C@H]1[C@@H](C)CC[C@H]2C(C)(C)CC(O)C(O)(O)[C@]12C. The Kier molecular flexibility index (Phi) is 5.27. The van der Waals surface area contributed by atoms with Crippen LogP contribution >= 0.6 is 0 Å². The highest BCUT2D eigenvalue weighted by molar-refractivity contribution is 5.12. The molecule has 0 saturated heterocycles. The summed E-state index contributed by atoms with van der Waals surface area (Å²) in [6.45, 7) is 13.2. The highest BCUT2D eigenvalue weighted by Crippen LogP contribution is 2.64. The quantitative estimate of drug-likeness (QED) is 0.685. The van der Waals surface area contributed by atoms with E-state index in [0.29, 0.717) is 18.3 Å². The van der Waals surface area contributed by atoms with E-state index < -0.39 is 17.3 Å². The lowest BCUT2D eigenvalue weighted by molar-refractivity contribution is -0.361. The Bertz CT molecular complexity index is 417. The molecule has 3 nitrogen and oxygen atoms in total. The number of hydrogen-bond acceptors (Lipinski definition) is 3. The van der Waals surface area contributed by atoms with Gasteiger partial charge in [0.15, 0.2) is 5.79 Å². The second-order valence-electron chi connectivity index (χ2n) is 9.52. The Morgan fingerprint density at radius 2 is 1.74 bits per heavy atom. The van der Waals surface area contributed by atoms with Crippen molar-refractivity contribution in [2.45, 2.75) is 92.0 Å². The van der Waals surface area contributed by atoms with Crippen LogP contribution < -0.4 is 0 Å². The Morgan fingerprint density at radius 1 is 1.13 bits per heavy atom. The van der Waals surface area contributed by atoms with E-state index in [1.54, 1.807) is 0 Å². The van der Waals surface area contributed by atoms with Gasteiger partial charge < -0.3 is 15.3 Å². The highest BCUT2D eigenvalue weighted by atomic mass is 16.5. The van der Waals surface area contributed by atoms with Crippen LogP contribution in [0.15, 0.2) is 0 Å². The van der Waals surface area contributed by atoms with Gasteiger partial charge in [-0.25, -0.2) is 0 Å². The van der Waals surface area contributed by atoms with E-state index in [1.807, 2.05) is 6.92 Å². The third-order valence-electron chi connectivity index (χ3n) is 7.68. The number of rotatable bonds is 4. The predicted octanol–water partition coefficient (Wildman–Crippen LogP) is 3.95. The minimum Gasteiger partial charge on any atom is -0.387 e. The van der Waals surface area contributed by atoms with Gasteiger partial charge in [-0.3, -0.25) is 0 Å². The van der Waals surface area contributed by atoms with Gasteiger partial charge in [-0.15, -0.1) is 0 Å². The van der Waals surface area contributed by atoms with Crippen molar-refractivity contribution in [2.24, 2.45) is 34.5 Å². The van der Waals surface area contributed by atoms with Crippen LogP contribution in [0.1, 0.15) is 80.1 Å². The Hall–Kier alpha value is -0.120. The van der Waals surface area contributed by atoms with Crippen LogP contribution in [0, 0.1) is 34.5 Å². The topological polar surface area (TPSA) is 60.7 Å². The molecule has 23 heavy (non-hydrogen) atoms. The molecular formula is C20H38O3. The minimum absolute atomic E-state index is 0.0576. The van der Waals surface area contributed by atoms with Crippen LogP contribution in [0.4, 0.5) is 0 Å². The maximum atomic E-state index is 10.9. The lowest BCUT2D eigenvalue weighted by atomic mass is 9.43. The second-order valence-corrected chi connectivity index (χ2v) is 9.52. The molecular weight excluding hydrogens is 288 g/mol. The van der Waals surface area contributed by atoms with E-state index in [-0.39, 0.29) is 17.3 Å². The third kappa shape index (κ3) is 2.98. The number of aliphatic hydroxyl groups excluding tert-OH is 1. The summed E-state index contributed by atoms with van der Waals surface area (Å²) in [5.74, 6) is -0.354. The average molecular weight is 327 g/mol. The zero-order chi connectivity index (χ0) is 17.6. The first-order valence-corrected chi connectivity index (χ1v) is 9.61. The molecule has 0 aromatic carbocycles. The monoisotopic (exact) mass is 326 g/mol. The van der Waals surface area contributed by atoms with E-state index in [9.17, 15) is 15.3 Å². The van der Waals surface area contributed by atoms with Crippen LogP contribution in [0.25, 0.3) is 0 Å². The molecule has 2 aliphatic carbocycles. The summed E-state index contributed by atoms with van der Waals surface area (Å²) in [5.41, 5.74) is -0.697. The van der Waals surface area contributed by atoms with Gasteiger partial charge in [-0.2, -0.15) is 0 Å². The van der Waals surface area contributed by atoms with E-state index in [0.717, 1.165) is 25.7 Å². The van der Waals surface area contributed by atoms with Crippen LogP contribution in [-0.2, 0) is 0 Å². The third-order valence-corrected chi connectivity index (χ3v) is 7.68. The van der Waals surface area contributed by atoms with E-state index in [4.69, 9.17) is 0 Å². The van der Waals surface area contributed by atoms with E-state index in [2.05, 4.69) is 34.6 Å². The number of aliphatic hydroxyl groups is 3. The van der Waals surface area contributed by atoms with Gasteiger partial charge in [0.2, 0.25) is 0 Å². The van der Waals surface area contributed by atoms with Gasteiger partial charge in [-0.05, 0) is 48.3 Å².